The molecule has 0 saturated heterocycles. The number of nitrogens with zero attached hydrogens (tertiary/aromatic N) is 2. The van der Waals surface area contributed by atoms with E-state index in [1.54, 1.807) is 0 Å². The van der Waals surface area contributed by atoms with Crippen molar-refractivity contribution in [3.05, 3.63) is 106 Å². The summed E-state index contributed by atoms with van der Waals surface area (Å²) in [7, 11) is 0. The molecule has 12 nitrogen and oxygen atoms in total. The fourth-order valence-corrected chi connectivity index (χ4v) is 6.65. The molecule has 0 radical (unpaired) electrons. The van der Waals surface area contributed by atoms with Crippen molar-refractivity contribution in [3.63, 3.8) is 0 Å². The van der Waals surface area contributed by atoms with Crippen LogP contribution in [0.15, 0.2) is 60.7 Å². The second-order valence-corrected chi connectivity index (χ2v) is 11.2. The van der Waals surface area contributed by atoms with Crippen molar-refractivity contribution in [2.45, 2.75) is 0 Å². The van der Waals surface area contributed by atoms with Crippen molar-refractivity contribution in [2.24, 2.45) is 0 Å². The maximum Gasteiger partial charge on any atom is 0.281 e. The first-order valence-electron chi connectivity index (χ1n) is 11.3. The molecule has 0 fully saturated rings. The lowest BCUT2D eigenvalue weighted by Gasteiger charge is -2.08. The smallest absolute Gasteiger partial charge is 0.281 e. The Balaban J connectivity index is 1.23. The SMILES string of the molecule is O=C(NNC(=O)c1sc2cc([N+](=O)[O-])ccc2c1Cl)c1ccc(NC(=O)c2sc3cc([N+](=O)[O-])ccc3c2Cl)cc1. The average molecular weight is 630 g/mol. The normalized spacial score (nSPS) is 10.9. The third-order valence-corrected chi connectivity index (χ3v) is 9.07. The number of rotatable bonds is 6. The van der Waals surface area contributed by atoms with Gasteiger partial charge in [0.05, 0.1) is 19.9 Å². The van der Waals surface area contributed by atoms with Crippen LogP contribution in [0.3, 0.4) is 0 Å². The van der Waals surface area contributed by atoms with Gasteiger partial charge in [0, 0.05) is 55.7 Å². The fourth-order valence-electron chi connectivity index (χ4n) is 3.76. The van der Waals surface area contributed by atoms with Crippen molar-refractivity contribution in [2.75, 3.05) is 5.32 Å². The highest BCUT2D eigenvalue weighted by Crippen LogP contribution is 2.38. The second-order valence-electron chi connectivity index (χ2n) is 8.31. The second kappa shape index (κ2) is 11.1. The lowest BCUT2D eigenvalue weighted by atomic mass is 10.2. The highest BCUT2D eigenvalue weighted by atomic mass is 35.5. The fraction of sp³-hybridized carbons (Fsp3) is 0. The number of anilines is 1. The number of benzene rings is 3. The molecular formula is C25H13Cl2N5O7S2. The van der Waals surface area contributed by atoms with Crippen LogP contribution < -0.4 is 16.2 Å². The number of fused-ring (bicyclic) bond motifs is 2. The van der Waals surface area contributed by atoms with Crippen molar-refractivity contribution in [1.29, 1.82) is 0 Å². The van der Waals surface area contributed by atoms with Gasteiger partial charge in [-0.25, -0.2) is 0 Å². The van der Waals surface area contributed by atoms with Gasteiger partial charge in [0.15, 0.2) is 0 Å². The van der Waals surface area contributed by atoms with E-state index in [-0.39, 0.29) is 36.7 Å². The molecule has 5 rings (SSSR count). The zero-order valence-electron chi connectivity index (χ0n) is 20.1. The topological polar surface area (TPSA) is 174 Å². The Kier molecular flexibility index (Phi) is 7.55. The zero-order valence-corrected chi connectivity index (χ0v) is 23.2. The number of nitrogens with one attached hydrogen (secondary N) is 3. The largest absolute Gasteiger partial charge is 0.321 e. The predicted octanol–water partition coefficient (Wildman–Crippen LogP) is 6.57. The number of hydrazine groups is 1. The van der Waals surface area contributed by atoms with Crippen molar-refractivity contribution in [3.8, 4) is 0 Å². The van der Waals surface area contributed by atoms with Gasteiger partial charge in [-0.3, -0.25) is 45.5 Å². The summed E-state index contributed by atoms with van der Waals surface area (Å²) in [5.41, 5.74) is 4.78. The molecule has 3 amide bonds. The van der Waals surface area contributed by atoms with Gasteiger partial charge in [0.2, 0.25) is 0 Å². The molecule has 206 valence electrons. The molecule has 5 aromatic rings. The molecule has 0 spiro atoms. The Morgan fingerprint density at radius 1 is 0.659 bits per heavy atom. The predicted molar refractivity (Wildman–Crippen MR) is 156 cm³/mol. The molecule has 0 aliphatic heterocycles. The van der Waals surface area contributed by atoms with E-state index in [1.165, 1.54) is 60.7 Å². The molecule has 0 saturated carbocycles. The maximum absolute atomic E-state index is 12.8. The number of thiophene rings is 2. The molecular weight excluding hydrogens is 617 g/mol. The number of halogens is 2. The summed E-state index contributed by atoms with van der Waals surface area (Å²) in [4.78, 5) is 59.1. The van der Waals surface area contributed by atoms with Gasteiger partial charge in [0.1, 0.15) is 9.75 Å². The van der Waals surface area contributed by atoms with Crippen LogP contribution in [0.5, 0.6) is 0 Å². The molecule has 16 heteroatoms. The molecule has 0 aliphatic carbocycles. The number of carbonyl (C=O) groups is 3. The van der Waals surface area contributed by atoms with E-state index in [1.807, 2.05) is 0 Å². The number of amides is 3. The molecule has 3 N–H and O–H groups in total. The van der Waals surface area contributed by atoms with Gasteiger partial charge in [-0.15, -0.1) is 22.7 Å². The third-order valence-electron chi connectivity index (χ3n) is 5.75. The van der Waals surface area contributed by atoms with Crippen LogP contribution in [0.4, 0.5) is 17.1 Å². The molecule has 0 atom stereocenters. The van der Waals surface area contributed by atoms with Crippen LogP contribution in [0.1, 0.15) is 29.7 Å². The van der Waals surface area contributed by atoms with E-state index in [2.05, 4.69) is 16.2 Å². The average Bonchev–Trinajstić information content (AvgIpc) is 3.47. The summed E-state index contributed by atoms with van der Waals surface area (Å²) in [5.74, 6) is -1.89. The van der Waals surface area contributed by atoms with Gasteiger partial charge < -0.3 is 5.32 Å². The van der Waals surface area contributed by atoms with Crippen LogP contribution in [-0.4, -0.2) is 27.6 Å². The lowest BCUT2D eigenvalue weighted by Crippen LogP contribution is -2.41. The van der Waals surface area contributed by atoms with E-state index in [4.69, 9.17) is 23.2 Å². The zero-order chi connectivity index (χ0) is 29.4. The van der Waals surface area contributed by atoms with E-state index < -0.39 is 27.6 Å². The summed E-state index contributed by atoms with van der Waals surface area (Å²) in [5, 5.41) is 25.9. The summed E-state index contributed by atoms with van der Waals surface area (Å²) in [6.45, 7) is 0. The Labute approximate surface area is 246 Å². The summed E-state index contributed by atoms with van der Waals surface area (Å²) < 4.78 is 0.929. The summed E-state index contributed by atoms with van der Waals surface area (Å²) in [6, 6.07) is 13.9. The first-order chi connectivity index (χ1) is 19.5. The summed E-state index contributed by atoms with van der Waals surface area (Å²) >= 11 is 14.6. The quantitative estimate of drug-likeness (QED) is 0.141. The van der Waals surface area contributed by atoms with Gasteiger partial charge in [0.25, 0.3) is 29.1 Å². The first-order valence-corrected chi connectivity index (χ1v) is 13.7. The molecule has 0 unspecified atom stereocenters. The van der Waals surface area contributed by atoms with Gasteiger partial charge in [-0.1, -0.05) is 23.2 Å². The van der Waals surface area contributed by atoms with Crippen LogP contribution >= 0.6 is 45.9 Å². The van der Waals surface area contributed by atoms with Crippen molar-refractivity contribution < 1.29 is 24.2 Å². The molecule has 2 aromatic heterocycles. The van der Waals surface area contributed by atoms with Crippen molar-refractivity contribution in [1.82, 2.24) is 10.9 Å². The van der Waals surface area contributed by atoms with Crippen LogP contribution in [-0.2, 0) is 0 Å². The Bertz CT molecular complexity index is 1920. The highest BCUT2D eigenvalue weighted by molar-refractivity contribution is 7.22. The maximum atomic E-state index is 12.8. The number of hydrogen-bond donors (Lipinski definition) is 3. The highest BCUT2D eigenvalue weighted by Gasteiger charge is 2.21. The minimum absolute atomic E-state index is 0.0648. The monoisotopic (exact) mass is 629 g/mol. The number of nitro groups is 2. The van der Waals surface area contributed by atoms with Crippen LogP contribution in [0.2, 0.25) is 10.0 Å². The third kappa shape index (κ3) is 5.53. The minimum Gasteiger partial charge on any atom is -0.321 e. The molecule has 3 aromatic carbocycles. The van der Waals surface area contributed by atoms with Crippen LogP contribution in [0, 0.1) is 20.2 Å². The first kappa shape index (κ1) is 27.9. The Morgan fingerprint density at radius 3 is 1.61 bits per heavy atom. The van der Waals surface area contributed by atoms with E-state index in [0.717, 1.165) is 22.7 Å². The Morgan fingerprint density at radius 2 is 1.12 bits per heavy atom. The molecule has 0 bridgehead atoms. The lowest BCUT2D eigenvalue weighted by molar-refractivity contribution is -0.384. The van der Waals surface area contributed by atoms with Gasteiger partial charge >= 0.3 is 0 Å². The molecule has 2 heterocycles. The summed E-state index contributed by atoms with van der Waals surface area (Å²) in [6.07, 6.45) is 0. The van der Waals surface area contributed by atoms with E-state index in [9.17, 15) is 34.6 Å². The number of nitro benzene ring substituents is 2. The number of non-ortho nitro benzene ring substituents is 2. The minimum atomic E-state index is -0.707. The van der Waals surface area contributed by atoms with Crippen molar-refractivity contribution >= 4 is 101 Å². The standard InChI is InChI=1S/C25H13Cl2N5O7S2/c26-19-15-7-5-13(31(36)37)9-17(15)40-21(19)24(34)28-12-3-1-11(2-4-12)23(33)29-30-25(35)22-20(27)16-8-6-14(32(38)39)10-18(16)41-22/h1-10H,(H,28,34)(H,29,33)(H,30,35). The number of hydrogen-bond acceptors (Lipinski definition) is 9. The number of carbonyl (C=O) groups excluding carboxylic acids is 3. The Hall–Kier alpha value is -4.63. The van der Waals surface area contributed by atoms with Crippen LogP contribution in [0.25, 0.3) is 20.2 Å². The molecule has 41 heavy (non-hydrogen) atoms. The van der Waals surface area contributed by atoms with Gasteiger partial charge in [-0.2, -0.15) is 0 Å². The molecule has 0 aliphatic rings. The van der Waals surface area contributed by atoms with E-state index >= 15 is 0 Å². The van der Waals surface area contributed by atoms with E-state index in [0.29, 0.717) is 25.9 Å². The van der Waals surface area contributed by atoms with Gasteiger partial charge in [-0.05, 0) is 36.4 Å².